The first kappa shape index (κ1) is 6.59. The Morgan fingerprint density at radius 1 is 1.44 bits per heavy atom. The Morgan fingerprint density at radius 3 is 2.11 bits per heavy atom. The van der Waals surface area contributed by atoms with E-state index in [1.807, 2.05) is 0 Å². The molecule has 1 N–H and O–H groups in total. The molecule has 0 saturated carbocycles. The molecular weight excluding hydrogens is 112 g/mol. The van der Waals surface area contributed by atoms with Gasteiger partial charge in [0.05, 0.1) is 5.84 Å². The lowest BCUT2D eigenvalue weighted by molar-refractivity contribution is 0.285. The molecule has 0 radical (unpaired) electrons. The summed E-state index contributed by atoms with van der Waals surface area (Å²) in [6.07, 6.45) is 1.27. The van der Waals surface area contributed by atoms with Crippen LogP contribution in [0.4, 0.5) is 0 Å². The molecule has 0 aliphatic carbocycles. The van der Waals surface area contributed by atoms with Crippen molar-refractivity contribution in [2.24, 2.45) is 5.92 Å². The summed E-state index contributed by atoms with van der Waals surface area (Å²) in [5.41, 5.74) is 0. The van der Waals surface area contributed by atoms with Crippen LogP contribution < -0.4 is 0 Å². The van der Waals surface area contributed by atoms with Crippen molar-refractivity contribution in [1.82, 2.24) is 4.90 Å². The van der Waals surface area contributed by atoms with Crippen molar-refractivity contribution in [2.75, 3.05) is 13.1 Å². The van der Waals surface area contributed by atoms with Crippen LogP contribution in [0.3, 0.4) is 0 Å². The number of nitrogens with zero attached hydrogens (tertiary/aromatic N) is 1. The second-order valence-corrected chi connectivity index (χ2v) is 2.88. The second-order valence-electron chi connectivity index (χ2n) is 2.88. The zero-order chi connectivity index (χ0) is 6.85. The van der Waals surface area contributed by atoms with Crippen molar-refractivity contribution in [1.29, 1.82) is 5.41 Å². The standard InChI is InChI=1S/C7H14N2/c1-6(2)7(8)9-4-3-5-9/h6,8H,3-5H2,1-2H3. The molecule has 1 heterocycles. The summed E-state index contributed by atoms with van der Waals surface area (Å²) in [6, 6.07) is 0. The monoisotopic (exact) mass is 126 g/mol. The highest BCUT2D eigenvalue weighted by Gasteiger charge is 2.18. The minimum atomic E-state index is 0.408. The van der Waals surface area contributed by atoms with Crippen LogP contribution in [0, 0.1) is 11.3 Å². The van der Waals surface area contributed by atoms with Gasteiger partial charge in [-0.15, -0.1) is 0 Å². The Bertz CT molecular complexity index is 114. The van der Waals surface area contributed by atoms with Gasteiger partial charge in [-0.25, -0.2) is 0 Å². The largest absolute Gasteiger partial charge is 0.360 e. The Kier molecular flexibility index (Phi) is 1.74. The van der Waals surface area contributed by atoms with Crippen LogP contribution in [0.1, 0.15) is 20.3 Å². The third-order valence-corrected chi connectivity index (χ3v) is 1.74. The fourth-order valence-corrected chi connectivity index (χ4v) is 0.922. The summed E-state index contributed by atoms with van der Waals surface area (Å²) in [6.45, 7) is 6.36. The summed E-state index contributed by atoms with van der Waals surface area (Å²) < 4.78 is 0. The first-order chi connectivity index (χ1) is 4.22. The zero-order valence-corrected chi connectivity index (χ0v) is 6.15. The fraction of sp³-hybridized carbons (Fsp3) is 0.857. The molecule has 0 atom stereocenters. The molecule has 0 aromatic carbocycles. The van der Waals surface area contributed by atoms with Crippen molar-refractivity contribution < 1.29 is 0 Å². The van der Waals surface area contributed by atoms with E-state index < -0.39 is 0 Å². The first-order valence-electron chi connectivity index (χ1n) is 3.55. The van der Waals surface area contributed by atoms with E-state index in [9.17, 15) is 0 Å². The lowest BCUT2D eigenvalue weighted by atomic mass is 10.1. The number of hydrogen-bond donors (Lipinski definition) is 1. The molecule has 0 spiro atoms. The molecule has 9 heavy (non-hydrogen) atoms. The van der Waals surface area contributed by atoms with Crippen molar-refractivity contribution >= 4 is 5.84 Å². The fourth-order valence-electron chi connectivity index (χ4n) is 0.922. The summed E-state index contributed by atoms with van der Waals surface area (Å²) >= 11 is 0. The van der Waals surface area contributed by atoms with Gasteiger partial charge in [0.25, 0.3) is 0 Å². The zero-order valence-electron chi connectivity index (χ0n) is 6.15. The van der Waals surface area contributed by atoms with E-state index in [1.54, 1.807) is 0 Å². The normalized spacial score (nSPS) is 17.9. The molecule has 0 aromatic rings. The van der Waals surface area contributed by atoms with Crippen molar-refractivity contribution in [3.63, 3.8) is 0 Å². The molecule has 1 fully saturated rings. The minimum Gasteiger partial charge on any atom is -0.360 e. The van der Waals surface area contributed by atoms with Crippen molar-refractivity contribution in [3.05, 3.63) is 0 Å². The van der Waals surface area contributed by atoms with E-state index in [0.717, 1.165) is 18.9 Å². The first-order valence-corrected chi connectivity index (χ1v) is 3.55. The maximum atomic E-state index is 7.53. The van der Waals surface area contributed by atoms with Gasteiger partial charge >= 0.3 is 0 Å². The van der Waals surface area contributed by atoms with E-state index in [2.05, 4.69) is 18.7 Å². The summed E-state index contributed by atoms with van der Waals surface area (Å²) in [5, 5.41) is 7.53. The highest BCUT2D eigenvalue weighted by atomic mass is 15.2. The van der Waals surface area contributed by atoms with Crippen LogP contribution in [-0.4, -0.2) is 23.8 Å². The second kappa shape index (κ2) is 2.38. The molecule has 0 unspecified atom stereocenters. The van der Waals surface area contributed by atoms with Gasteiger partial charge in [0.15, 0.2) is 0 Å². The Hall–Kier alpha value is -0.530. The van der Waals surface area contributed by atoms with Gasteiger partial charge in [0.2, 0.25) is 0 Å². The van der Waals surface area contributed by atoms with E-state index >= 15 is 0 Å². The molecule has 0 amide bonds. The maximum absolute atomic E-state index is 7.53. The number of hydrogen-bond acceptors (Lipinski definition) is 1. The molecule has 0 bridgehead atoms. The van der Waals surface area contributed by atoms with Crippen LogP contribution in [0.25, 0.3) is 0 Å². The third-order valence-electron chi connectivity index (χ3n) is 1.74. The molecule has 1 rings (SSSR count). The average molecular weight is 126 g/mol. The Balaban J connectivity index is 2.32. The number of nitrogens with one attached hydrogen (secondary N) is 1. The van der Waals surface area contributed by atoms with E-state index in [-0.39, 0.29) is 0 Å². The number of rotatable bonds is 1. The SMILES string of the molecule is CC(C)C(=N)N1CCC1. The van der Waals surface area contributed by atoms with Crippen molar-refractivity contribution in [3.8, 4) is 0 Å². The third kappa shape index (κ3) is 1.23. The Labute approximate surface area is 56.4 Å². The predicted octanol–water partition coefficient (Wildman–Crippen LogP) is 1.33. The quantitative estimate of drug-likeness (QED) is 0.416. The van der Waals surface area contributed by atoms with Gasteiger partial charge in [-0.2, -0.15) is 0 Å². The van der Waals surface area contributed by atoms with E-state index in [0.29, 0.717) is 5.92 Å². The van der Waals surface area contributed by atoms with Gasteiger partial charge in [0.1, 0.15) is 0 Å². The van der Waals surface area contributed by atoms with Gasteiger partial charge in [-0.3, -0.25) is 5.41 Å². The summed E-state index contributed by atoms with van der Waals surface area (Å²) in [4.78, 5) is 2.13. The molecular formula is C7H14N2. The molecule has 2 nitrogen and oxygen atoms in total. The van der Waals surface area contributed by atoms with Gasteiger partial charge in [0, 0.05) is 19.0 Å². The minimum absolute atomic E-state index is 0.408. The van der Waals surface area contributed by atoms with Gasteiger partial charge in [-0.05, 0) is 6.42 Å². The topological polar surface area (TPSA) is 27.1 Å². The number of likely N-dealkylation sites (tertiary alicyclic amines) is 1. The molecule has 1 aliphatic rings. The molecule has 1 aliphatic heterocycles. The predicted molar refractivity (Wildman–Crippen MR) is 38.8 cm³/mol. The molecule has 1 saturated heterocycles. The van der Waals surface area contributed by atoms with Crippen LogP contribution in [0.5, 0.6) is 0 Å². The number of amidine groups is 1. The average Bonchev–Trinajstić information content (AvgIpc) is 1.60. The smallest absolute Gasteiger partial charge is 0.0983 e. The van der Waals surface area contributed by atoms with E-state index in [4.69, 9.17) is 5.41 Å². The lowest BCUT2D eigenvalue weighted by Gasteiger charge is -2.34. The van der Waals surface area contributed by atoms with Crippen LogP contribution in [0.2, 0.25) is 0 Å². The molecule has 0 aromatic heterocycles. The van der Waals surface area contributed by atoms with Crippen molar-refractivity contribution in [2.45, 2.75) is 20.3 Å². The molecule has 52 valence electrons. The van der Waals surface area contributed by atoms with Gasteiger partial charge in [-0.1, -0.05) is 13.8 Å². The van der Waals surface area contributed by atoms with Gasteiger partial charge < -0.3 is 4.90 Å². The summed E-state index contributed by atoms with van der Waals surface area (Å²) in [7, 11) is 0. The highest BCUT2D eigenvalue weighted by molar-refractivity contribution is 5.81. The maximum Gasteiger partial charge on any atom is 0.0983 e. The van der Waals surface area contributed by atoms with Crippen LogP contribution >= 0.6 is 0 Å². The highest BCUT2D eigenvalue weighted by Crippen LogP contribution is 2.10. The van der Waals surface area contributed by atoms with Crippen LogP contribution in [-0.2, 0) is 0 Å². The molecule has 2 heteroatoms. The summed E-state index contributed by atoms with van der Waals surface area (Å²) in [5.74, 6) is 1.21. The Morgan fingerprint density at radius 2 is 2.00 bits per heavy atom. The van der Waals surface area contributed by atoms with Crippen LogP contribution in [0.15, 0.2) is 0 Å². The lowest BCUT2D eigenvalue weighted by Crippen LogP contribution is -2.43. The van der Waals surface area contributed by atoms with E-state index in [1.165, 1.54) is 6.42 Å².